The van der Waals surface area contributed by atoms with Gasteiger partial charge < -0.3 is 10.0 Å². The standard InChI is InChI=1S/C18H25N3O3/c19-8-13-2-12-3-14(12)21(13)16(22)15(24-20)17-4-10-1-11(5-17)7-18(23,6-10)9-17/h10-15,23H,1-7,9,20H2/t10?,11?,12-,13+,14+,15-,17?,18?/m1/s1. The van der Waals surface area contributed by atoms with E-state index >= 15 is 0 Å². The van der Waals surface area contributed by atoms with Crippen molar-refractivity contribution in [3.8, 4) is 6.07 Å². The summed E-state index contributed by atoms with van der Waals surface area (Å²) in [4.78, 5) is 20.3. The summed E-state index contributed by atoms with van der Waals surface area (Å²) < 4.78 is 0. The van der Waals surface area contributed by atoms with Crippen LogP contribution in [0.5, 0.6) is 0 Å². The first-order valence-corrected chi connectivity index (χ1v) is 9.27. The van der Waals surface area contributed by atoms with E-state index in [0.29, 0.717) is 24.2 Å². The number of piperidine rings is 1. The van der Waals surface area contributed by atoms with Crippen molar-refractivity contribution in [2.24, 2.45) is 29.1 Å². The number of amides is 1. The summed E-state index contributed by atoms with van der Waals surface area (Å²) in [6.07, 6.45) is 6.38. The van der Waals surface area contributed by atoms with Gasteiger partial charge in [0.15, 0.2) is 6.10 Å². The van der Waals surface area contributed by atoms with Gasteiger partial charge in [-0.2, -0.15) is 5.26 Å². The quantitative estimate of drug-likeness (QED) is 0.754. The molecule has 6 aliphatic rings. The van der Waals surface area contributed by atoms with Crippen molar-refractivity contribution in [2.75, 3.05) is 0 Å². The van der Waals surface area contributed by atoms with Gasteiger partial charge in [0, 0.05) is 11.5 Å². The maximum Gasteiger partial charge on any atom is 0.255 e. The second-order valence-electron chi connectivity index (χ2n) is 9.25. The normalized spacial score (nSPS) is 52.0. The molecule has 4 bridgehead atoms. The number of nitrogens with zero attached hydrogens (tertiary/aromatic N) is 2. The highest BCUT2D eigenvalue weighted by Crippen LogP contribution is 2.63. The highest BCUT2D eigenvalue weighted by atomic mass is 16.6. The number of hydrogen-bond acceptors (Lipinski definition) is 5. The van der Waals surface area contributed by atoms with Crippen LogP contribution in [0.2, 0.25) is 0 Å². The number of aliphatic hydroxyl groups is 1. The van der Waals surface area contributed by atoms with Gasteiger partial charge >= 0.3 is 0 Å². The molecule has 0 aromatic heterocycles. The van der Waals surface area contributed by atoms with Gasteiger partial charge in [-0.25, -0.2) is 5.90 Å². The van der Waals surface area contributed by atoms with Crippen LogP contribution in [0.15, 0.2) is 0 Å². The van der Waals surface area contributed by atoms with Crippen LogP contribution < -0.4 is 5.90 Å². The van der Waals surface area contributed by atoms with Gasteiger partial charge in [-0.3, -0.25) is 9.63 Å². The average Bonchev–Trinajstić information content (AvgIpc) is 3.15. The Hall–Kier alpha value is -1.16. The molecule has 6 fully saturated rings. The molecule has 1 heterocycles. The van der Waals surface area contributed by atoms with Crippen molar-refractivity contribution in [2.45, 2.75) is 75.2 Å². The van der Waals surface area contributed by atoms with E-state index in [1.165, 1.54) is 0 Å². The van der Waals surface area contributed by atoms with Crippen molar-refractivity contribution < 1.29 is 14.7 Å². The van der Waals surface area contributed by atoms with Gasteiger partial charge in [0.25, 0.3) is 5.91 Å². The molecule has 24 heavy (non-hydrogen) atoms. The first-order chi connectivity index (χ1) is 11.5. The van der Waals surface area contributed by atoms with E-state index in [1.54, 1.807) is 4.90 Å². The van der Waals surface area contributed by atoms with Gasteiger partial charge in [0.2, 0.25) is 0 Å². The molecule has 1 aliphatic heterocycles. The van der Waals surface area contributed by atoms with Crippen LogP contribution in [0.1, 0.15) is 51.4 Å². The third-order valence-electron chi connectivity index (χ3n) is 7.50. The fourth-order valence-corrected chi connectivity index (χ4v) is 7.08. The van der Waals surface area contributed by atoms with Crippen LogP contribution in [0.25, 0.3) is 0 Å². The molecule has 6 atom stereocenters. The average molecular weight is 331 g/mol. The largest absolute Gasteiger partial charge is 0.390 e. The number of fused-ring (bicyclic) bond motifs is 1. The van der Waals surface area contributed by atoms with Gasteiger partial charge in [0.1, 0.15) is 6.04 Å². The lowest BCUT2D eigenvalue weighted by Crippen LogP contribution is -2.63. The van der Waals surface area contributed by atoms with Gasteiger partial charge in [-0.1, -0.05) is 0 Å². The number of rotatable bonds is 3. The molecular weight excluding hydrogens is 306 g/mol. The lowest BCUT2D eigenvalue weighted by atomic mass is 9.46. The van der Waals surface area contributed by atoms with Crippen molar-refractivity contribution >= 4 is 5.91 Å². The van der Waals surface area contributed by atoms with Crippen molar-refractivity contribution in [1.29, 1.82) is 5.26 Å². The molecule has 5 aliphatic carbocycles. The number of carbonyl (C=O) groups is 1. The molecular formula is C18H25N3O3. The molecule has 2 unspecified atom stereocenters. The smallest absolute Gasteiger partial charge is 0.255 e. The molecule has 6 heteroatoms. The van der Waals surface area contributed by atoms with E-state index in [2.05, 4.69) is 6.07 Å². The van der Waals surface area contributed by atoms with Crippen LogP contribution in [-0.2, 0) is 9.63 Å². The Morgan fingerprint density at radius 1 is 1.25 bits per heavy atom. The zero-order valence-corrected chi connectivity index (χ0v) is 13.9. The molecule has 6 nitrogen and oxygen atoms in total. The molecule has 0 aromatic rings. The Bertz CT molecular complexity index is 615. The summed E-state index contributed by atoms with van der Waals surface area (Å²) in [5.74, 6) is 6.96. The molecule has 6 rings (SSSR count). The maximum absolute atomic E-state index is 13.3. The third kappa shape index (κ3) is 1.95. The second kappa shape index (κ2) is 4.72. The Labute approximate surface area is 141 Å². The Kier molecular flexibility index (Phi) is 2.97. The summed E-state index contributed by atoms with van der Waals surface area (Å²) in [7, 11) is 0. The summed E-state index contributed by atoms with van der Waals surface area (Å²) in [6.45, 7) is 0. The van der Waals surface area contributed by atoms with E-state index in [4.69, 9.17) is 10.7 Å². The van der Waals surface area contributed by atoms with Crippen molar-refractivity contribution in [1.82, 2.24) is 4.90 Å². The summed E-state index contributed by atoms with van der Waals surface area (Å²) in [5, 5.41) is 20.3. The summed E-state index contributed by atoms with van der Waals surface area (Å²) >= 11 is 0. The third-order valence-corrected chi connectivity index (χ3v) is 7.50. The van der Waals surface area contributed by atoms with E-state index in [0.717, 1.165) is 44.9 Å². The highest BCUT2D eigenvalue weighted by Gasteiger charge is 2.64. The molecule has 3 N–H and O–H groups in total. The Morgan fingerprint density at radius 2 is 1.96 bits per heavy atom. The monoisotopic (exact) mass is 331 g/mol. The molecule has 1 amide bonds. The number of nitriles is 1. The van der Waals surface area contributed by atoms with E-state index in [9.17, 15) is 15.2 Å². The van der Waals surface area contributed by atoms with E-state index in [-0.39, 0.29) is 23.4 Å². The number of carbonyl (C=O) groups excluding carboxylic acids is 1. The predicted octanol–water partition coefficient (Wildman–Crippen LogP) is 1.09. The molecule has 1 saturated heterocycles. The molecule has 0 aromatic carbocycles. The zero-order valence-electron chi connectivity index (χ0n) is 13.9. The summed E-state index contributed by atoms with van der Waals surface area (Å²) in [6, 6.07) is 2.14. The maximum atomic E-state index is 13.3. The van der Waals surface area contributed by atoms with E-state index < -0.39 is 11.7 Å². The first kappa shape index (κ1) is 15.1. The lowest BCUT2D eigenvalue weighted by Gasteiger charge is -2.61. The summed E-state index contributed by atoms with van der Waals surface area (Å²) in [5.41, 5.74) is -0.999. The van der Waals surface area contributed by atoms with Crippen molar-refractivity contribution in [3.05, 3.63) is 0 Å². The zero-order chi connectivity index (χ0) is 16.7. The fourth-order valence-electron chi connectivity index (χ4n) is 7.08. The van der Waals surface area contributed by atoms with Crippen LogP contribution in [0.4, 0.5) is 0 Å². The minimum absolute atomic E-state index is 0.111. The SMILES string of the molecule is N#C[C@@H]1C[C@@H]2C[C@@H]2N1C(=O)[C@@H](ON)C12CC3CC(CC(O)(C3)C1)C2. The lowest BCUT2D eigenvalue weighted by molar-refractivity contribution is -0.210. The number of likely N-dealkylation sites (tertiary alicyclic amines) is 1. The van der Waals surface area contributed by atoms with Crippen LogP contribution >= 0.6 is 0 Å². The minimum atomic E-state index is -0.717. The molecule has 0 spiro atoms. The minimum Gasteiger partial charge on any atom is -0.390 e. The number of nitrogens with two attached hydrogens (primary N) is 1. The van der Waals surface area contributed by atoms with Gasteiger partial charge in [-0.15, -0.1) is 0 Å². The molecule has 5 saturated carbocycles. The Morgan fingerprint density at radius 3 is 2.54 bits per heavy atom. The second-order valence-corrected chi connectivity index (χ2v) is 9.25. The predicted molar refractivity (Wildman–Crippen MR) is 83.9 cm³/mol. The van der Waals surface area contributed by atoms with Crippen LogP contribution in [0.3, 0.4) is 0 Å². The topological polar surface area (TPSA) is 99.6 Å². The fraction of sp³-hybridized carbons (Fsp3) is 0.889. The molecule has 130 valence electrons. The van der Waals surface area contributed by atoms with Crippen molar-refractivity contribution in [3.63, 3.8) is 0 Å². The van der Waals surface area contributed by atoms with Crippen LogP contribution in [0, 0.1) is 34.5 Å². The Balaban J connectivity index is 1.46. The van der Waals surface area contributed by atoms with Crippen LogP contribution in [-0.4, -0.2) is 39.7 Å². The van der Waals surface area contributed by atoms with E-state index in [1.807, 2.05) is 0 Å². The molecule has 0 radical (unpaired) electrons. The number of hydrogen-bond donors (Lipinski definition) is 2. The van der Waals surface area contributed by atoms with Gasteiger partial charge in [-0.05, 0) is 69.1 Å². The van der Waals surface area contributed by atoms with Gasteiger partial charge in [0.05, 0.1) is 11.7 Å². The first-order valence-electron chi connectivity index (χ1n) is 9.27. The highest BCUT2D eigenvalue weighted by molar-refractivity contribution is 5.84.